The fourth-order valence-corrected chi connectivity index (χ4v) is 2.14. The van der Waals surface area contributed by atoms with Crippen LogP contribution in [0, 0.1) is 0 Å². The molecule has 138 valence electrons. The van der Waals surface area contributed by atoms with E-state index >= 15 is 0 Å². The van der Waals surface area contributed by atoms with Crippen LogP contribution in [-0.2, 0) is 14.3 Å². The monoisotopic (exact) mass is 361 g/mol. The molecule has 0 unspecified atom stereocenters. The first-order valence-corrected chi connectivity index (χ1v) is 7.69. The second kappa shape index (κ2) is 7.16. The van der Waals surface area contributed by atoms with Gasteiger partial charge in [0.05, 0.1) is 12.9 Å². The first-order chi connectivity index (χ1) is 11.8. The Bertz CT molecular complexity index is 666. The van der Waals surface area contributed by atoms with E-state index in [1.807, 2.05) is 0 Å². The SMILES string of the molecule is CCOC(=O)[C@]1(C(F)(F)F)N=C(c2ccco2)OC(N(CC)CC)=N1. The molecule has 0 radical (unpaired) electrons. The van der Waals surface area contributed by atoms with E-state index in [-0.39, 0.29) is 18.4 Å². The lowest BCUT2D eigenvalue weighted by Crippen LogP contribution is -2.55. The van der Waals surface area contributed by atoms with Crippen molar-refractivity contribution in [1.29, 1.82) is 0 Å². The Morgan fingerprint density at radius 2 is 1.96 bits per heavy atom. The Labute approximate surface area is 142 Å². The van der Waals surface area contributed by atoms with Crippen molar-refractivity contribution < 1.29 is 31.9 Å². The van der Waals surface area contributed by atoms with Crippen LogP contribution in [0.15, 0.2) is 32.8 Å². The lowest BCUT2D eigenvalue weighted by Gasteiger charge is -2.33. The third kappa shape index (κ3) is 3.47. The Morgan fingerprint density at radius 3 is 2.44 bits per heavy atom. The Balaban J connectivity index is 2.65. The number of furan rings is 1. The third-order valence-corrected chi connectivity index (χ3v) is 3.43. The molecule has 1 aliphatic heterocycles. The van der Waals surface area contributed by atoms with E-state index in [0.29, 0.717) is 13.1 Å². The number of carbonyl (C=O) groups excluding carboxylic acids is 1. The van der Waals surface area contributed by atoms with Crippen LogP contribution >= 0.6 is 0 Å². The molecule has 1 aliphatic rings. The maximum atomic E-state index is 13.8. The van der Waals surface area contributed by atoms with Crippen molar-refractivity contribution in [2.45, 2.75) is 32.6 Å². The summed E-state index contributed by atoms with van der Waals surface area (Å²) in [6, 6.07) is 2.46. The van der Waals surface area contributed by atoms with E-state index in [2.05, 4.69) is 14.7 Å². The molecule has 0 amide bonds. The molecule has 0 saturated carbocycles. The van der Waals surface area contributed by atoms with E-state index in [4.69, 9.17) is 9.15 Å². The summed E-state index contributed by atoms with van der Waals surface area (Å²) >= 11 is 0. The number of rotatable bonds is 5. The smallest absolute Gasteiger partial charge is 0.446 e. The summed E-state index contributed by atoms with van der Waals surface area (Å²) in [7, 11) is 0. The van der Waals surface area contributed by atoms with Crippen LogP contribution in [0.3, 0.4) is 0 Å². The minimum absolute atomic E-state index is 0.0579. The number of alkyl halides is 3. The van der Waals surface area contributed by atoms with Crippen molar-refractivity contribution in [3.63, 3.8) is 0 Å². The zero-order valence-corrected chi connectivity index (χ0v) is 14.0. The molecule has 0 saturated heterocycles. The highest BCUT2D eigenvalue weighted by Crippen LogP contribution is 2.39. The summed E-state index contributed by atoms with van der Waals surface area (Å²) in [6.45, 7) is 5.21. The predicted molar refractivity (Wildman–Crippen MR) is 82.1 cm³/mol. The zero-order chi connectivity index (χ0) is 18.7. The largest absolute Gasteiger partial charge is 0.462 e. The van der Waals surface area contributed by atoms with E-state index in [0.717, 1.165) is 0 Å². The molecule has 10 heteroatoms. The number of esters is 1. The van der Waals surface area contributed by atoms with Crippen molar-refractivity contribution in [2.75, 3.05) is 19.7 Å². The fourth-order valence-electron chi connectivity index (χ4n) is 2.14. The van der Waals surface area contributed by atoms with Gasteiger partial charge in [-0.05, 0) is 32.9 Å². The molecule has 7 nitrogen and oxygen atoms in total. The van der Waals surface area contributed by atoms with Gasteiger partial charge in [0.1, 0.15) is 0 Å². The van der Waals surface area contributed by atoms with E-state index in [1.165, 1.54) is 30.2 Å². The lowest BCUT2D eigenvalue weighted by molar-refractivity contribution is -0.204. The molecule has 25 heavy (non-hydrogen) atoms. The molecule has 0 N–H and O–H groups in total. The molecule has 1 aromatic heterocycles. The predicted octanol–water partition coefficient (Wildman–Crippen LogP) is 2.58. The number of halogens is 3. The molecule has 1 atom stereocenters. The van der Waals surface area contributed by atoms with Crippen LogP contribution in [-0.4, -0.2) is 54.3 Å². The number of hydrogen-bond donors (Lipinski definition) is 0. The first-order valence-electron chi connectivity index (χ1n) is 7.69. The number of hydrogen-bond acceptors (Lipinski definition) is 7. The van der Waals surface area contributed by atoms with E-state index in [1.54, 1.807) is 13.8 Å². The fraction of sp³-hybridized carbons (Fsp3) is 0.533. The Kier molecular flexibility index (Phi) is 5.39. The quantitative estimate of drug-likeness (QED) is 0.754. The normalized spacial score (nSPS) is 20.4. The average molecular weight is 361 g/mol. The second-order valence-electron chi connectivity index (χ2n) is 4.95. The topological polar surface area (TPSA) is 76.6 Å². The summed E-state index contributed by atoms with van der Waals surface area (Å²) < 4.78 is 56.5. The van der Waals surface area contributed by atoms with Crippen LogP contribution in [0.25, 0.3) is 0 Å². The number of aliphatic imine (C=N–C) groups is 2. The summed E-state index contributed by atoms with van der Waals surface area (Å²) in [5.74, 6) is -2.18. The van der Waals surface area contributed by atoms with Crippen LogP contribution in [0.4, 0.5) is 13.2 Å². The minimum atomic E-state index is -5.13. The molecule has 0 aliphatic carbocycles. The van der Waals surface area contributed by atoms with Gasteiger partial charge in [0.2, 0.25) is 0 Å². The summed E-state index contributed by atoms with van der Waals surface area (Å²) in [6.07, 6.45) is -3.87. The highest BCUT2D eigenvalue weighted by atomic mass is 19.4. The zero-order valence-electron chi connectivity index (χ0n) is 14.0. The number of ether oxygens (including phenoxy) is 2. The number of nitrogens with zero attached hydrogens (tertiary/aromatic N) is 3. The van der Waals surface area contributed by atoms with Gasteiger partial charge in [0.25, 0.3) is 11.9 Å². The van der Waals surface area contributed by atoms with Crippen molar-refractivity contribution in [1.82, 2.24) is 4.90 Å². The maximum absolute atomic E-state index is 13.8. The van der Waals surface area contributed by atoms with Crippen molar-refractivity contribution in [3.8, 4) is 0 Å². The maximum Gasteiger partial charge on any atom is 0.446 e. The highest BCUT2D eigenvalue weighted by molar-refractivity contribution is 6.04. The first kappa shape index (κ1) is 18.8. The highest BCUT2D eigenvalue weighted by Gasteiger charge is 2.65. The van der Waals surface area contributed by atoms with E-state index < -0.39 is 23.7 Å². The van der Waals surface area contributed by atoms with Gasteiger partial charge < -0.3 is 18.8 Å². The summed E-state index contributed by atoms with van der Waals surface area (Å²) in [4.78, 5) is 20.5. The molecule has 0 bridgehead atoms. The van der Waals surface area contributed by atoms with Crippen LogP contribution in [0.2, 0.25) is 0 Å². The van der Waals surface area contributed by atoms with Crippen LogP contribution in [0.5, 0.6) is 0 Å². The van der Waals surface area contributed by atoms with Crippen molar-refractivity contribution >= 4 is 17.9 Å². The second-order valence-corrected chi connectivity index (χ2v) is 4.95. The number of carbonyl (C=O) groups is 1. The molecule has 0 fully saturated rings. The van der Waals surface area contributed by atoms with Crippen LogP contribution < -0.4 is 0 Å². The molecule has 2 heterocycles. The van der Waals surface area contributed by atoms with Crippen molar-refractivity contribution in [2.24, 2.45) is 9.98 Å². The Hall–Kier alpha value is -2.52. The van der Waals surface area contributed by atoms with Gasteiger partial charge >= 0.3 is 17.8 Å². The Morgan fingerprint density at radius 1 is 1.28 bits per heavy atom. The summed E-state index contributed by atoms with van der Waals surface area (Å²) in [5, 5.41) is 0. The molecule has 2 rings (SSSR count). The molecular formula is C15H18F3N3O4. The third-order valence-electron chi connectivity index (χ3n) is 3.43. The summed E-state index contributed by atoms with van der Waals surface area (Å²) in [5.41, 5.74) is -3.44. The molecular weight excluding hydrogens is 343 g/mol. The van der Waals surface area contributed by atoms with Crippen molar-refractivity contribution in [3.05, 3.63) is 24.2 Å². The molecule has 1 aromatic rings. The molecule has 0 aromatic carbocycles. The van der Waals surface area contributed by atoms with Gasteiger partial charge in [-0.1, -0.05) is 0 Å². The van der Waals surface area contributed by atoms with Crippen LogP contribution in [0.1, 0.15) is 26.5 Å². The van der Waals surface area contributed by atoms with Gasteiger partial charge in [-0.3, -0.25) is 0 Å². The molecule has 0 spiro atoms. The van der Waals surface area contributed by atoms with Gasteiger partial charge in [0, 0.05) is 13.1 Å². The van der Waals surface area contributed by atoms with E-state index in [9.17, 15) is 18.0 Å². The van der Waals surface area contributed by atoms with Gasteiger partial charge in [-0.15, -0.1) is 0 Å². The minimum Gasteiger partial charge on any atom is -0.462 e. The van der Waals surface area contributed by atoms with Gasteiger partial charge in [-0.25, -0.2) is 4.79 Å². The standard InChI is InChI=1S/C15H18F3N3O4/c1-4-21(5-2)13-20-14(15(16,17)18,12(22)23-6-3)19-11(25-13)10-8-7-9-24-10/h7-9H,4-6H2,1-3H3/t14-/m0/s1. The average Bonchev–Trinajstić information content (AvgIpc) is 3.09. The van der Waals surface area contributed by atoms with Gasteiger partial charge in [-0.2, -0.15) is 23.2 Å². The van der Waals surface area contributed by atoms with Gasteiger partial charge in [0.15, 0.2) is 5.76 Å². The lowest BCUT2D eigenvalue weighted by atomic mass is 10.1. The number of amidine groups is 1.